The Morgan fingerprint density at radius 3 is 2.40 bits per heavy atom. The van der Waals surface area contributed by atoms with Gasteiger partial charge >= 0.3 is 0 Å². The molecule has 20 heavy (non-hydrogen) atoms. The Labute approximate surface area is 122 Å². The molecule has 1 aromatic carbocycles. The molecule has 0 saturated heterocycles. The van der Waals surface area contributed by atoms with Crippen LogP contribution in [0.5, 0.6) is 11.5 Å². The van der Waals surface area contributed by atoms with E-state index in [2.05, 4.69) is 11.8 Å². The zero-order chi connectivity index (χ0) is 15.0. The van der Waals surface area contributed by atoms with Crippen molar-refractivity contribution in [1.29, 1.82) is 0 Å². The van der Waals surface area contributed by atoms with Crippen molar-refractivity contribution in [3.05, 3.63) is 23.8 Å². The predicted molar refractivity (Wildman–Crippen MR) is 81.4 cm³/mol. The Balaban J connectivity index is 2.77. The van der Waals surface area contributed by atoms with E-state index in [0.717, 1.165) is 37.4 Å². The quantitative estimate of drug-likeness (QED) is 0.755. The van der Waals surface area contributed by atoms with Crippen LogP contribution in [0.15, 0.2) is 18.2 Å². The topological polar surface area (TPSA) is 41.9 Å². The first-order valence-corrected chi connectivity index (χ1v) is 7.25. The molecule has 1 aromatic rings. The lowest BCUT2D eigenvalue weighted by atomic mass is 10.1. The third kappa shape index (κ3) is 5.02. The normalized spacial score (nSPS) is 12.5. The van der Waals surface area contributed by atoms with Gasteiger partial charge in [-0.05, 0) is 37.1 Å². The molecule has 0 amide bonds. The van der Waals surface area contributed by atoms with Crippen LogP contribution in [-0.2, 0) is 6.54 Å². The predicted octanol–water partition coefficient (Wildman–Crippen LogP) is 2.69. The summed E-state index contributed by atoms with van der Waals surface area (Å²) in [7, 11) is 3.28. The molecule has 0 spiro atoms. The first-order chi connectivity index (χ1) is 9.64. The zero-order valence-corrected chi connectivity index (χ0v) is 13.1. The molecular weight excluding hydrogens is 254 g/mol. The van der Waals surface area contributed by atoms with Crippen LogP contribution < -0.4 is 9.47 Å². The number of hydrogen-bond donors (Lipinski definition) is 1. The molecule has 0 saturated carbocycles. The maximum Gasteiger partial charge on any atom is 0.161 e. The molecule has 0 aliphatic heterocycles. The van der Waals surface area contributed by atoms with Gasteiger partial charge in [0.2, 0.25) is 0 Å². The van der Waals surface area contributed by atoms with Crippen LogP contribution in [0.2, 0.25) is 0 Å². The van der Waals surface area contributed by atoms with E-state index < -0.39 is 0 Å². The smallest absolute Gasteiger partial charge is 0.161 e. The highest BCUT2D eigenvalue weighted by Gasteiger charge is 2.12. The van der Waals surface area contributed by atoms with Gasteiger partial charge in [-0.2, -0.15) is 0 Å². The average molecular weight is 281 g/mol. The lowest BCUT2D eigenvalue weighted by molar-refractivity contribution is 0.105. The minimum absolute atomic E-state index is 0.262. The third-order valence-electron chi connectivity index (χ3n) is 3.33. The number of nitrogens with zero attached hydrogens (tertiary/aromatic N) is 1. The number of aliphatic hydroxyl groups is 1. The minimum atomic E-state index is -0.262. The van der Waals surface area contributed by atoms with E-state index in [1.54, 1.807) is 14.2 Å². The van der Waals surface area contributed by atoms with Crippen molar-refractivity contribution < 1.29 is 14.6 Å². The highest BCUT2D eigenvalue weighted by molar-refractivity contribution is 5.42. The van der Waals surface area contributed by atoms with Gasteiger partial charge in [-0.1, -0.05) is 19.9 Å². The van der Waals surface area contributed by atoms with Gasteiger partial charge in [0.05, 0.1) is 20.3 Å². The fourth-order valence-corrected chi connectivity index (χ4v) is 2.22. The zero-order valence-electron chi connectivity index (χ0n) is 13.1. The molecule has 1 rings (SSSR count). The van der Waals surface area contributed by atoms with E-state index in [4.69, 9.17) is 9.47 Å². The van der Waals surface area contributed by atoms with Crippen molar-refractivity contribution in [2.45, 2.75) is 39.3 Å². The molecule has 0 aliphatic rings. The first-order valence-electron chi connectivity index (χ1n) is 7.25. The molecule has 1 N–H and O–H groups in total. The Hall–Kier alpha value is -1.26. The Kier molecular flexibility index (Phi) is 7.41. The van der Waals surface area contributed by atoms with Crippen LogP contribution in [0, 0.1) is 0 Å². The molecule has 114 valence electrons. The van der Waals surface area contributed by atoms with E-state index in [0.29, 0.717) is 6.54 Å². The minimum Gasteiger partial charge on any atom is -0.493 e. The summed E-state index contributed by atoms with van der Waals surface area (Å²) in [6.45, 7) is 6.65. The lowest BCUT2D eigenvalue weighted by Crippen LogP contribution is -2.32. The Morgan fingerprint density at radius 2 is 1.85 bits per heavy atom. The Bertz CT molecular complexity index is 395. The summed E-state index contributed by atoms with van der Waals surface area (Å²) >= 11 is 0. The van der Waals surface area contributed by atoms with Gasteiger partial charge in [-0.3, -0.25) is 4.90 Å². The van der Waals surface area contributed by atoms with Crippen LogP contribution in [0.4, 0.5) is 0 Å². The third-order valence-corrected chi connectivity index (χ3v) is 3.33. The number of benzene rings is 1. The number of methoxy groups -OCH3 is 2. The molecule has 0 bridgehead atoms. The van der Waals surface area contributed by atoms with Gasteiger partial charge in [0.15, 0.2) is 11.5 Å². The molecule has 0 aromatic heterocycles. The van der Waals surface area contributed by atoms with E-state index in [1.165, 1.54) is 5.56 Å². The fraction of sp³-hybridized carbons (Fsp3) is 0.625. The van der Waals surface area contributed by atoms with Crippen LogP contribution in [0.1, 0.15) is 32.3 Å². The molecule has 0 unspecified atom stereocenters. The molecule has 0 heterocycles. The summed E-state index contributed by atoms with van der Waals surface area (Å²) in [5, 5.41) is 9.83. The van der Waals surface area contributed by atoms with Crippen molar-refractivity contribution in [2.24, 2.45) is 0 Å². The van der Waals surface area contributed by atoms with Gasteiger partial charge in [0.25, 0.3) is 0 Å². The molecule has 4 nitrogen and oxygen atoms in total. The second-order valence-electron chi connectivity index (χ2n) is 4.99. The van der Waals surface area contributed by atoms with Crippen LogP contribution in [0.25, 0.3) is 0 Å². The summed E-state index contributed by atoms with van der Waals surface area (Å²) in [4.78, 5) is 2.27. The second kappa shape index (κ2) is 8.82. The van der Waals surface area contributed by atoms with Gasteiger partial charge in [-0.15, -0.1) is 0 Å². The van der Waals surface area contributed by atoms with Crippen molar-refractivity contribution in [3.63, 3.8) is 0 Å². The molecule has 0 fully saturated rings. The van der Waals surface area contributed by atoms with Gasteiger partial charge in [0.1, 0.15) is 0 Å². The first kappa shape index (κ1) is 16.8. The molecule has 4 heteroatoms. The highest BCUT2D eigenvalue weighted by atomic mass is 16.5. The van der Waals surface area contributed by atoms with Crippen LogP contribution in [0.3, 0.4) is 0 Å². The molecular formula is C16H27NO3. The van der Waals surface area contributed by atoms with Gasteiger partial charge in [-0.25, -0.2) is 0 Å². The molecule has 0 radical (unpaired) electrons. The summed E-state index contributed by atoms with van der Waals surface area (Å²) in [6, 6.07) is 5.97. The molecule has 1 atom stereocenters. The van der Waals surface area contributed by atoms with Crippen molar-refractivity contribution in [3.8, 4) is 11.5 Å². The van der Waals surface area contributed by atoms with Crippen molar-refractivity contribution >= 4 is 0 Å². The summed E-state index contributed by atoms with van der Waals surface area (Å²) in [6.07, 6.45) is 1.59. The van der Waals surface area contributed by atoms with Crippen molar-refractivity contribution in [2.75, 3.05) is 27.3 Å². The van der Waals surface area contributed by atoms with Crippen LogP contribution in [-0.4, -0.2) is 43.4 Å². The number of hydrogen-bond acceptors (Lipinski definition) is 4. The van der Waals surface area contributed by atoms with E-state index in [1.807, 2.05) is 25.1 Å². The SMILES string of the molecule is CCCN(Cc1ccc(OC)c(OC)c1)C[C@H](O)CC. The summed E-state index contributed by atoms with van der Waals surface area (Å²) in [5.41, 5.74) is 1.17. The molecule has 0 aliphatic carbocycles. The van der Waals surface area contributed by atoms with E-state index in [9.17, 15) is 5.11 Å². The standard InChI is InChI=1S/C16H27NO3/c1-5-9-17(12-14(18)6-2)11-13-7-8-15(19-3)16(10-13)20-4/h7-8,10,14,18H,5-6,9,11-12H2,1-4H3/t14-/m1/s1. The maximum atomic E-state index is 9.83. The van der Waals surface area contributed by atoms with Gasteiger partial charge in [0, 0.05) is 13.1 Å². The summed E-state index contributed by atoms with van der Waals surface area (Å²) in [5.74, 6) is 1.49. The number of aliphatic hydroxyl groups excluding tert-OH is 1. The summed E-state index contributed by atoms with van der Waals surface area (Å²) < 4.78 is 10.6. The second-order valence-corrected chi connectivity index (χ2v) is 4.99. The monoisotopic (exact) mass is 281 g/mol. The Morgan fingerprint density at radius 1 is 1.15 bits per heavy atom. The number of rotatable bonds is 9. The average Bonchev–Trinajstić information content (AvgIpc) is 2.47. The lowest BCUT2D eigenvalue weighted by Gasteiger charge is -2.24. The van der Waals surface area contributed by atoms with Crippen molar-refractivity contribution in [1.82, 2.24) is 4.90 Å². The number of ether oxygens (including phenoxy) is 2. The highest BCUT2D eigenvalue weighted by Crippen LogP contribution is 2.28. The largest absolute Gasteiger partial charge is 0.493 e. The van der Waals surface area contributed by atoms with E-state index >= 15 is 0 Å². The van der Waals surface area contributed by atoms with Gasteiger partial charge < -0.3 is 14.6 Å². The fourth-order valence-electron chi connectivity index (χ4n) is 2.22. The van der Waals surface area contributed by atoms with E-state index in [-0.39, 0.29) is 6.10 Å². The maximum absolute atomic E-state index is 9.83. The van der Waals surface area contributed by atoms with Crippen LogP contribution >= 0.6 is 0 Å².